The summed E-state index contributed by atoms with van der Waals surface area (Å²) in [6.45, 7) is 2.08. The number of hydrogen-bond acceptors (Lipinski definition) is 4. The summed E-state index contributed by atoms with van der Waals surface area (Å²) < 4.78 is 6.68. The van der Waals surface area contributed by atoms with E-state index >= 15 is 0 Å². The molecule has 1 N–H and O–H groups in total. The normalized spacial score (nSPS) is 11.0. The molecule has 6 heteroatoms. The van der Waals surface area contributed by atoms with E-state index in [1.54, 1.807) is 12.4 Å². The fourth-order valence-corrected chi connectivity index (χ4v) is 3.13. The van der Waals surface area contributed by atoms with Crippen LogP contribution in [0.1, 0.15) is 16.1 Å². The highest BCUT2D eigenvalue weighted by atomic mass is 16.5. The number of nitrogens with zero attached hydrogens (tertiary/aromatic N) is 3. The SMILES string of the molecule is COC(=O)c1cc2ccc(-c3cc(-c4nncn4C)ccc3C)cc2[nH]1. The average Bonchev–Trinajstić information content (AvgIpc) is 3.27. The van der Waals surface area contributed by atoms with E-state index < -0.39 is 0 Å². The fraction of sp³-hybridized carbons (Fsp3) is 0.150. The van der Waals surface area contributed by atoms with Crippen LogP contribution >= 0.6 is 0 Å². The number of rotatable bonds is 3. The maximum atomic E-state index is 11.7. The molecule has 2 heterocycles. The van der Waals surface area contributed by atoms with Crippen LogP contribution in [-0.2, 0) is 11.8 Å². The Labute approximate surface area is 150 Å². The van der Waals surface area contributed by atoms with Gasteiger partial charge in [-0.3, -0.25) is 0 Å². The first kappa shape index (κ1) is 16.1. The van der Waals surface area contributed by atoms with Crippen LogP contribution in [0.2, 0.25) is 0 Å². The number of H-pyrrole nitrogens is 1. The Balaban J connectivity index is 1.82. The van der Waals surface area contributed by atoms with E-state index in [9.17, 15) is 4.79 Å². The summed E-state index contributed by atoms with van der Waals surface area (Å²) in [5, 5.41) is 9.11. The van der Waals surface area contributed by atoms with Gasteiger partial charge in [-0.15, -0.1) is 10.2 Å². The molecule has 0 aliphatic heterocycles. The first-order chi connectivity index (χ1) is 12.6. The van der Waals surface area contributed by atoms with Gasteiger partial charge in [0.2, 0.25) is 0 Å². The molecule has 0 bridgehead atoms. The molecule has 0 amide bonds. The first-order valence-corrected chi connectivity index (χ1v) is 8.23. The van der Waals surface area contributed by atoms with Crippen molar-refractivity contribution in [1.29, 1.82) is 0 Å². The molecule has 4 rings (SSSR count). The van der Waals surface area contributed by atoms with Gasteiger partial charge in [0.1, 0.15) is 12.0 Å². The number of fused-ring (bicyclic) bond motifs is 1. The van der Waals surface area contributed by atoms with Crippen molar-refractivity contribution in [3.05, 3.63) is 60.0 Å². The zero-order valence-electron chi connectivity index (χ0n) is 14.8. The second-order valence-corrected chi connectivity index (χ2v) is 6.27. The van der Waals surface area contributed by atoms with Crippen LogP contribution < -0.4 is 0 Å². The van der Waals surface area contributed by atoms with Crippen molar-refractivity contribution >= 4 is 16.9 Å². The number of aromatic amines is 1. The van der Waals surface area contributed by atoms with Gasteiger partial charge >= 0.3 is 5.97 Å². The molecule has 0 aliphatic carbocycles. The van der Waals surface area contributed by atoms with Gasteiger partial charge in [-0.05, 0) is 41.8 Å². The molecule has 0 spiro atoms. The molecule has 0 atom stereocenters. The van der Waals surface area contributed by atoms with Crippen LogP contribution in [0, 0.1) is 6.92 Å². The quantitative estimate of drug-likeness (QED) is 0.574. The van der Waals surface area contributed by atoms with Crippen molar-refractivity contribution in [2.24, 2.45) is 7.05 Å². The second kappa shape index (κ2) is 6.15. The fourth-order valence-electron chi connectivity index (χ4n) is 3.13. The van der Waals surface area contributed by atoms with Gasteiger partial charge in [-0.2, -0.15) is 0 Å². The maximum Gasteiger partial charge on any atom is 0.354 e. The number of hydrogen-bond donors (Lipinski definition) is 1. The molecule has 0 saturated carbocycles. The molecule has 6 nitrogen and oxygen atoms in total. The summed E-state index contributed by atoms with van der Waals surface area (Å²) in [6, 6.07) is 14.1. The predicted octanol–water partition coefficient (Wildman–Crippen LogP) is 3.73. The number of carbonyl (C=O) groups is 1. The van der Waals surface area contributed by atoms with Crippen LogP contribution in [-0.4, -0.2) is 32.8 Å². The highest BCUT2D eigenvalue weighted by Crippen LogP contribution is 2.30. The number of nitrogens with one attached hydrogen (secondary N) is 1. The zero-order valence-corrected chi connectivity index (χ0v) is 14.8. The monoisotopic (exact) mass is 346 g/mol. The number of esters is 1. The Morgan fingerprint density at radius 2 is 1.92 bits per heavy atom. The van der Waals surface area contributed by atoms with Crippen molar-refractivity contribution in [3.63, 3.8) is 0 Å². The van der Waals surface area contributed by atoms with E-state index in [-0.39, 0.29) is 5.97 Å². The Kier molecular flexibility index (Phi) is 3.80. The third-order valence-electron chi connectivity index (χ3n) is 4.55. The molecule has 2 aromatic heterocycles. The number of ether oxygens (including phenoxy) is 1. The third kappa shape index (κ3) is 2.65. The van der Waals surface area contributed by atoms with E-state index in [1.807, 2.05) is 29.8 Å². The standard InChI is InChI=1S/C20H18N4O2/c1-12-4-5-15(19-23-21-11-24(19)2)8-16(12)13-6-7-14-10-18(20(25)26-3)22-17(14)9-13/h4-11,22H,1-3H3. The van der Waals surface area contributed by atoms with Crippen molar-refractivity contribution in [1.82, 2.24) is 19.7 Å². The molecule has 0 fully saturated rings. The van der Waals surface area contributed by atoms with E-state index in [1.165, 1.54) is 7.11 Å². The average molecular weight is 346 g/mol. The van der Waals surface area contributed by atoms with Crippen LogP contribution in [0.3, 0.4) is 0 Å². The minimum Gasteiger partial charge on any atom is -0.464 e. The highest BCUT2D eigenvalue weighted by molar-refractivity contribution is 5.96. The summed E-state index contributed by atoms with van der Waals surface area (Å²) in [5.41, 5.74) is 5.69. The number of aromatic nitrogens is 4. The summed E-state index contributed by atoms with van der Waals surface area (Å²) in [7, 11) is 3.30. The Bertz CT molecular complexity index is 1120. The first-order valence-electron chi connectivity index (χ1n) is 8.23. The minimum atomic E-state index is -0.372. The summed E-state index contributed by atoms with van der Waals surface area (Å²) in [4.78, 5) is 14.9. The molecule has 0 radical (unpaired) electrons. The number of benzene rings is 2. The van der Waals surface area contributed by atoms with Crippen LogP contribution in [0.25, 0.3) is 33.4 Å². The molecule has 4 aromatic rings. The molecular weight excluding hydrogens is 328 g/mol. The van der Waals surface area contributed by atoms with Crippen LogP contribution in [0.15, 0.2) is 48.8 Å². The van der Waals surface area contributed by atoms with E-state index in [0.29, 0.717) is 5.69 Å². The van der Waals surface area contributed by atoms with Gasteiger partial charge in [0.05, 0.1) is 7.11 Å². The van der Waals surface area contributed by atoms with Crippen molar-refractivity contribution < 1.29 is 9.53 Å². The van der Waals surface area contributed by atoms with Crippen LogP contribution in [0.5, 0.6) is 0 Å². The van der Waals surface area contributed by atoms with Gasteiger partial charge < -0.3 is 14.3 Å². The van der Waals surface area contributed by atoms with Crippen LogP contribution in [0.4, 0.5) is 0 Å². The van der Waals surface area contributed by atoms with Gasteiger partial charge in [-0.25, -0.2) is 4.79 Å². The van der Waals surface area contributed by atoms with Crippen molar-refractivity contribution in [3.8, 4) is 22.5 Å². The van der Waals surface area contributed by atoms with Gasteiger partial charge in [0, 0.05) is 23.5 Å². The molecule has 0 saturated heterocycles. The van der Waals surface area contributed by atoms with Gasteiger partial charge in [0.25, 0.3) is 0 Å². The lowest BCUT2D eigenvalue weighted by atomic mass is 9.97. The number of methoxy groups -OCH3 is 1. The largest absolute Gasteiger partial charge is 0.464 e. The Morgan fingerprint density at radius 1 is 1.12 bits per heavy atom. The smallest absolute Gasteiger partial charge is 0.354 e. The van der Waals surface area contributed by atoms with E-state index in [4.69, 9.17) is 4.74 Å². The zero-order chi connectivity index (χ0) is 18.3. The molecule has 130 valence electrons. The number of carbonyl (C=O) groups excluding carboxylic acids is 1. The lowest BCUT2D eigenvalue weighted by Crippen LogP contribution is -2.00. The van der Waals surface area contributed by atoms with Crippen molar-refractivity contribution in [2.45, 2.75) is 6.92 Å². The maximum absolute atomic E-state index is 11.7. The van der Waals surface area contributed by atoms with E-state index in [0.717, 1.165) is 39.0 Å². The van der Waals surface area contributed by atoms with Crippen molar-refractivity contribution in [2.75, 3.05) is 7.11 Å². The summed E-state index contributed by atoms with van der Waals surface area (Å²) >= 11 is 0. The lowest BCUT2D eigenvalue weighted by molar-refractivity contribution is 0.0595. The Hall–Kier alpha value is -3.41. The topological polar surface area (TPSA) is 72.8 Å². The van der Waals surface area contributed by atoms with Gasteiger partial charge in [0.15, 0.2) is 5.82 Å². The highest BCUT2D eigenvalue weighted by Gasteiger charge is 2.12. The summed E-state index contributed by atoms with van der Waals surface area (Å²) in [5.74, 6) is 0.448. The second-order valence-electron chi connectivity index (χ2n) is 6.27. The lowest BCUT2D eigenvalue weighted by Gasteiger charge is -2.09. The minimum absolute atomic E-state index is 0.372. The summed E-state index contributed by atoms with van der Waals surface area (Å²) in [6.07, 6.45) is 1.69. The third-order valence-corrected chi connectivity index (χ3v) is 4.55. The molecular formula is C20H18N4O2. The predicted molar refractivity (Wildman–Crippen MR) is 99.8 cm³/mol. The van der Waals surface area contributed by atoms with Gasteiger partial charge in [-0.1, -0.05) is 24.3 Å². The molecule has 2 aromatic carbocycles. The molecule has 26 heavy (non-hydrogen) atoms. The molecule has 0 aliphatic rings. The molecule has 0 unspecified atom stereocenters. The Morgan fingerprint density at radius 3 is 2.65 bits per heavy atom. The number of aryl methyl sites for hydroxylation is 2. The van der Waals surface area contributed by atoms with E-state index in [2.05, 4.69) is 40.3 Å².